The van der Waals surface area contributed by atoms with Gasteiger partial charge in [-0.15, -0.1) is 0 Å². The van der Waals surface area contributed by atoms with Crippen LogP contribution in [-0.4, -0.2) is 35.2 Å². The number of hydrogen-bond donors (Lipinski definition) is 2. The SMILES string of the molecule is C[Si](C)(C)c1c(F)cc(NC(=O)[C@@H]2NCCc3cc(S(C)(=O)=O)ccc32)cc1F. The summed E-state index contributed by atoms with van der Waals surface area (Å²) in [5, 5.41) is 5.75. The first kappa shape index (κ1) is 21.6. The van der Waals surface area contributed by atoms with E-state index >= 15 is 0 Å². The van der Waals surface area contributed by atoms with Gasteiger partial charge >= 0.3 is 0 Å². The standard InChI is InChI=1S/C20H24F2N2O3SSi/c1-28(26,27)14-5-6-15-12(9-14)7-8-23-18(15)20(25)24-13-10-16(21)19(17(22)11-13)29(2,3)4/h5-6,9-11,18,23H,7-8H2,1-4H3,(H,24,25)/t18-/m1/s1. The third-order valence-electron chi connectivity index (χ3n) is 4.92. The normalized spacial score (nSPS) is 17.0. The summed E-state index contributed by atoms with van der Waals surface area (Å²) < 4.78 is 52.5. The number of anilines is 1. The van der Waals surface area contributed by atoms with Gasteiger partial charge in [-0.05, 0) is 41.8 Å². The number of amides is 1. The smallest absolute Gasteiger partial charge is 0.246 e. The third kappa shape index (κ3) is 4.57. The number of nitrogens with one attached hydrogen (secondary N) is 2. The van der Waals surface area contributed by atoms with Crippen LogP contribution < -0.4 is 15.8 Å². The molecule has 0 radical (unpaired) electrons. The molecule has 1 aliphatic rings. The highest BCUT2D eigenvalue weighted by molar-refractivity contribution is 7.90. The van der Waals surface area contributed by atoms with Crippen molar-refractivity contribution < 1.29 is 22.0 Å². The second-order valence-corrected chi connectivity index (χ2v) is 15.3. The van der Waals surface area contributed by atoms with Crippen LogP contribution in [0.2, 0.25) is 19.6 Å². The van der Waals surface area contributed by atoms with Crippen molar-refractivity contribution in [3.05, 3.63) is 53.1 Å². The van der Waals surface area contributed by atoms with Crippen LogP contribution >= 0.6 is 0 Å². The van der Waals surface area contributed by atoms with Crippen LogP contribution in [0.15, 0.2) is 35.2 Å². The van der Waals surface area contributed by atoms with E-state index < -0.39 is 41.5 Å². The molecule has 2 N–H and O–H groups in total. The van der Waals surface area contributed by atoms with Gasteiger partial charge in [0.25, 0.3) is 0 Å². The Kier molecular flexibility index (Phi) is 5.68. The number of benzene rings is 2. The summed E-state index contributed by atoms with van der Waals surface area (Å²) >= 11 is 0. The lowest BCUT2D eigenvalue weighted by atomic mass is 9.94. The molecule has 5 nitrogen and oxygen atoms in total. The Hall–Kier alpha value is -2.10. The van der Waals surface area contributed by atoms with Gasteiger partial charge in [0.2, 0.25) is 5.91 Å². The van der Waals surface area contributed by atoms with Crippen molar-refractivity contribution in [2.24, 2.45) is 0 Å². The summed E-state index contributed by atoms with van der Waals surface area (Å²) in [5.74, 6) is -1.78. The molecule has 0 aromatic heterocycles. The first-order valence-corrected chi connectivity index (χ1v) is 14.6. The summed E-state index contributed by atoms with van der Waals surface area (Å²) in [7, 11) is -5.56. The second kappa shape index (κ2) is 7.62. The predicted molar refractivity (Wildman–Crippen MR) is 112 cm³/mol. The fourth-order valence-electron chi connectivity index (χ4n) is 3.58. The maximum Gasteiger partial charge on any atom is 0.246 e. The number of sulfone groups is 1. The molecule has 0 aliphatic carbocycles. The van der Waals surface area contributed by atoms with E-state index in [1.165, 1.54) is 6.07 Å². The predicted octanol–water partition coefficient (Wildman–Crippen LogP) is 2.74. The highest BCUT2D eigenvalue weighted by atomic mass is 32.2. The van der Waals surface area contributed by atoms with Gasteiger partial charge < -0.3 is 10.6 Å². The Morgan fingerprint density at radius 2 is 1.76 bits per heavy atom. The van der Waals surface area contributed by atoms with E-state index in [1.54, 1.807) is 12.1 Å². The monoisotopic (exact) mass is 438 g/mol. The van der Waals surface area contributed by atoms with Gasteiger partial charge in [-0.3, -0.25) is 4.79 Å². The Morgan fingerprint density at radius 1 is 1.14 bits per heavy atom. The number of rotatable bonds is 4. The van der Waals surface area contributed by atoms with Gasteiger partial charge in [0, 0.05) is 23.7 Å². The van der Waals surface area contributed by atoms with Crippen molar-refractivity contribution >= 4 is 34.7 Å². The molecule has 0 fully saturated rings. The average Bonchev–Trinajstić information content (AvgIpc) is 2.58. The van der Waals surface area contributed by atoms with Crippen molar-refractivity contribution in [1.29, 1.82) is 0 Å². The molecule has 156 valence electrons. The van der Waals surface area contributed by atoms with Crippen molar-refractivity contribution in [3.8, 4) is 0 Å². The van der Waals surface area contributed by atoms with Gasteiger partial charge in [-0.25, -0.2) is 17.2 Å². The first-order valence-electron chi connectivity index (χ1n) is 9.24. The van der Waals surface area contributed by atoms with E-state index in [0.29, 0.717) is 18.5 Å². The van der Waals surface area contributed by atoms with E-state index in [2.05, 4.69) is 10.6 Å². The number of hydrogen-bond acceptors (Lipinski definition) is 4. The average molecular weight is 439 g/mol. The molecule has 0 bridgehead atoms. The number of fused-ring (bicyclic) bond motifs is 1. The van der Waals surface area contributed by atoms with Gasteiger partial charge in [0.15, 0.2) is 9.84 Å². The molecule has 1 atom stereocenters. The first-order chi connectivity index (χ1) is 13.4. The number of carbonyl (C=O) groups is 1. The lowest BCUT2D eigenvalue weighted by Crippen LogP contribution is -2.42. The molecule has 3 rings (SSSR count). The number of carbonyl (C=O) groups excluding carboxylic acids is 1. The molecule has 9 heteroatoms. The van der Waals surface area contributed by atoms with Crippen LogP contribution in [0.25, 0.3) is 0 Å². The molecular formula is C20H24F2N2O3SSi. The molecule has 2 aromatic carbocycles. The third-order valence-corrected chi connectivity index (χ3v) is 8.01. The molecule has 29 heavy (non-hydrogen) atoms. The van der Waals surface area contributed by atoms with Gasteiger partial charge in [-0.1, -0.05) is 25.7 Å². The van der Waals surface area contributed by atoms with Crippen LogP contribution in [0.5, 0.6) is 0 Å². The van der Waals surface area contributed by atoms with Crippen LogP contribution in [-0.2, 0) is 21.1 Å². The van der Waals surface area contributed by atoms with E-state index in [9.17, 15) is 22.0 Å². The van der Waals surface area contributed by atoms with Crippen molar-refractivity contribution in [3.63, 3.8) is 0 Å². The minimum Gasteiger partial charge on any atom is -0.324 e. The molecule has 0 saturated carbocycles. The Bertz CT molecular complexity index is 1060. The molecule has 0 unspecified atom stereocenters. The maximum absolute atomic E-state index is 14.5. The van der Waals surface area contributed by atoms with Crippen LogP contribution in [0.4, 0.5) is 14.5 Å². The fraction of sp³-hybridized carbons (Fsp3) is 0.350. The summed E-state index contributed by atoms with van der Waals surface area (Å²) in [5.41, 5.74) is 1.47. The lowest BCUT2D eigenvalue weighted by molar-refractivity contribution is -0.118. The maximum atomic E-state index is 14.5. The summed E-state index contributed by atoms with van der Waals surface area (Å²) in [6.07, 6.45) is 1.71. The highest BCUT2D eigenvalue weighted by Crippen LogP contribution is 2.27. The molecule has 2 aromatic rings. The number of halogens is 2. The van der Waals surface area contributed by atoms with E-state index in [0.717, 1.165) is 24.0 Å². The van der Waals surface area contributed by atoms with Gasteiger partial charge in [0.05, 0.1) is 13.0 Å². The lowest BCUT2D eigenvalue weighted by Gasteiger charge is -2.27. The molecule has 1 amide bonds. The molecular weight excluding hydrogens is 414 g/mol. The Morgan fingerprint density at radius 3 is 2.31 bits per heavy atom. The van der Waals surface area contributed by atoms with Crippen LogP contribution in [0.3, 0.4) is 0 Å². The molecule has 0 spiro atoms. The quantitative estimate of drug-likeness (QED) is 0.720. The fourth-order valence-corrected chi connectivity index (χ4v) is 5.83. The van der Waals surface area contributed by atoms with Crippen LogP contribution in [0.1, 0.15) is 17.2 Å². The van der Waals surface area contributed by atoms with Gasteiger partial charge in [0.1, 0.15) is 17.7 Å². The molecule has 0 saturated heterocycles. The highest BCUT2D eigenvalue weighted by Gasteiger charge is 2.29. The van der Waals surface area contributed by atoms with Crippen molar-refractivity contribution in [2.75, 3.05) is 18.1 Å². The largest absolute Gasteiger partial charge is 0.324 e. The zero-order chi connectivity index (χ0) is 21.6. The van der Waals surface area contributed by atoms with Gasteiger partial charge in [-0.2, -0.15) is 0 Å². The zero-order valence-electron chi connectivity index (χ0n) is 16.8. The summed E-state index contributed by atoms with van der Waals surface area (Å²) in [6, 6.07) is 6.20. The topological polar surface area (TPSA) is 75.3 Å². The Labute approximate surface area is 170 Å². The Balaban J connectivity index is 1.88. The van der Waals surface area contributed by atoms with E-state index in [1.807, 2.05) is 19.6 Å². The van der Waals surface area contributed by atoms with E-state index in [4.69, 9.17) is 0 Å². The van der Waals surface area contributed by atoms with Crippen molar-refractivity contribution in [1.82, 2.24) is 5.32 Å². The second-order valence-electron chi connectivity index (χ2n) is 8.32. The molecule has 1 heterocycles. The summed E-state index contributed by atoms with van der Waals surface area (Å²) in [4.78, 5) is 13.0. The minimum atomic E-state index is -3.35. The van der Waals surface area contributed by atoms with E-state index in [-0.39, 0.29) is 15.8 Å². The minimum absolute atomic E-state index is 0.0497. The summed E-state index contributed by atoms with van der Waals surface area (Å²) in [6.45, 7) is 6.02. The zero-order valence-corrected chi connectivity index (χ0v) is 18.6. The van der Waals surface area contributed by atoms with Crippen LogP contribution in [0, 0.1) is 11.6 Å². The molecule has 1 aliphatic heterocycles. The van der Waals surface area contributed by atoms with Crippen molar-refractivity contribution in [2.45, 2.75) is 37.0 Å².